The molecule has 0 radical (unpaired) electrons. The number of aromatic hydroxyl groups is 1. The molecule has 0 atom stereocenters. The smallest absolute Gasteiger partial charge is 0.115 e. The largest absolute Gasteiger partial charge is 0.508 e. The van der Waals surface area contributed by atoms with Crippen molar-refractivity contribution >= 4 is 0 Å². The van der Waals surface area contributed by atoms with Gasteiger partial charge in [-0.2, -0.15) is 0 Å². The summed E-state index contributed by atoms with van der Waals surface area (Å²) in [6.45, 7) is 7.93. The summed E-state index contributed by atoms with van der Waals surface area (Å²) < 4.78 is 0. The van der Waals surface area contributed by atoms with Crippen LogP contribution in [-0.4, -0.2) is 34.8 Å². The molecule has 0 bridgehead atoms. The summed E-state index contributed by atoms with van der Waals surface area (Å²) >= 11 is 0. The molecular weight excluding hydrogens is 360 g/mol. The molecule has 0 unspecified atom stereocenters. The predicted octanol–water partition coefficient (Wildman–Crippen LogP) is 4.47. The maximum atomic E-state index is 9.54. The first kappa shape index (κ1) is 23.4. The fourth-order valence-electron chi connectivity index (χ4n) is 4.01. The molecule has 4 heteroatoms. The zero-order valence-electron chi connectivity index (χ0n) is 18.1. The molecule has 4 nitrogen and oxygen atoms in total. The molecule has 1 saturated carbocycles. The lowest BCUT2D eigenvalue weighted by Crippen LogP contribution is -2.32. The second-order valence-corrected chi connectivity index (χ2v) is 8.26. The molecule has 1 fully saturated rings. The average molecular weight is 399 g/mol. The number of phenolic OH excluding ortho intramolecular Hbond substituents is 1. The number of aliphatic hydroxyl groups excluding tert-OH is 1. The van der Waals surface area contributed by atoms with Crippen molar-refractivity contribution in [3.05, 3.63) is 65.2 Å². The highest BCUT2D eigenvalue weighted by Gasteiger charge is 2.22. The third kappa shape index (κ3) is 8.57. The second-order valence-electron chi connectivity index (χ2n) is 8.26. The Hall–Kier alpha value is -1.88. The first-order valence-electron chi connectivity index (χ1n) is 10.9. The molecule has 0 aromatic heterocycles. The first-order chi connectivity index (χ1) is 14.0. The molecule has 1 aliphatic carbocycles. The van der Waals surface area contributed by atoms with Gasteiger partial charge < -0.3 is 15.9 Å². The van der Waals surface area contributed by atoms with Crippen LogP contribution in [-0.2, 0) is 13.1 Å². The Balaban J connectivity index is 0.000000941. The minimum atomic E-state index is 0.250. The van der Waals surface area contributed by atoms with Crippen LogP contribution >= 0.6 is 0 Å². The number of aryl methyl sites for hydroxylation is 1. The summed E-state index contributed by atoms with van der Waals surface area (Å²) in [5.74, 6) is 1.83. The van der Waals surface area contributed by atoms with Gasteiger partial charge in [0.15, 0.2) is 0 Å². The van der Waals surface area contributed by atoms with Gasteiger partial charge in [-0.3, -0.25) is 4.90 Å². The van der Waals surface area contributed by atoms with E-state index in [2.05, 4.69) is 36.1 Å². The number of rotatable bonds is 7. The third-order valence-electron chi connectivity index (χ3n) is 5.69. The monoisotopic (exact) mass is 398 g/mol. The van der Waals surface area contributed by atoms with Gasteiger partial charge in [0.1, 0.15) is 5.75 Å². The van der Waals surface area contributed by atoms with Crippen molar-refractivity contribution in [3.8, 4) is 5.75 Å². The first-order valence-corrected chi connectivity index (χ1v) is 10.9. The van der Waals surface area contributed by atoms with Crippen molar-refractivity contribution in [1.82, 2.24) is 4.90 Å². The molecule has 1 aliphatic rings. The van der Waals surface area contributed by atoms with Crippen LogP contribution in [0.5, 0.6) is 5.75 Å². The van der Waals surface area contributed by atoms with Crippen molar-refractivity contribution in [2.75, 3.05) is 19.7 Å². The second kappa shape index (κ2) is 12.6. The Morgan fingerprint density at radius 2 is 1.31 bits per heavy atom. The lowest BCUT2D eigenvalue weighted by atomic mass is 9.82. The molecular formula is C25H38N2O2. The van der Waals surface area contributed by atoms with E-state index in [0.717, 1.165) is 38.0 Å². The molecule has 2 aromatic rings. The molecule has 0 aliphatic heterocycles. The lowest BCUT2D eigenvalue weighted by molar-refractivity contribution is 0.170. The van der Waals surface area contributed by atoms with E-state index in [4.69, 9.17) is 10.8 Å². The average Bonchev–Trinajstić information content (AvgIpc) is 2.72. The maximum Gasteiger partial charge on any atom is 0.115 e. The van der Waals surface area contributed by atoms with E-state index in [1.165, 1.54) is 42.4 Å². The number of nitrogens with zero attached hydrogens (tertiary/aromatic N) is 1. The molecule has 3 rings (SSSR count). The summed E-state index contributed by atoms with van der Waals surface area (Å²) in [5, 5.41) is 17.1. The molecule has 29 heavy (non-hydrogen) atoms. The van der Waals surface area contributed by atoms with E-state index in [1.807, 2.05) is 12.1 Å². The molecule has 160 valence electrons. The Labute approximate surface area is 176 Å². The van der Waals surface area contributed by atoms with Crippen molar-refractivity contribution in [2.45, 2.75) is 52.6 Å². The van der Waals surface area contributed by atoms with Gasteiger partial charge in [0.2, 0.25) is 0 Å². The molecule has 0 amide bonds. The molecule has 0 saturated heterocycles. The zero-order valence-corrected chi connectivity index (χ0v) is 18.1. The lowest BCUT2D eigenvalue weighted by Gasteiger charge is -2.32. The van der Waals surface area contributed by atoms with Gasteiger partial charge in [-0.1, -0.05) is 42.0 Å². The standard InChI is InChI=1S/C23H32N2O.C2H6O/c1-18-2-4-20(5-3-18)15-25(17-22-10-12-23(26)13-11-22)16-21-8-6-19(14-24)7-9-21;1-2-3/h2-5,10-13,19,21,26H,6-9,14-17,24H2,1H3;3H,2H2,1H3. The Morgan fingerprint density at radius 3 is 1.79 bits per heavy atom. The normalized spacial score (nSPS) is 18.9. The Morgan fingerprint density at radius 1 is 0.862 bits per heavy atom. The van der Waals surface area contributed by atoms with E-state index < -0.39 is 0 Å². The number of hydrogen-bond acceptors (Lipinski definition) is 4. The summed E-state index contributed by atoms with van der Waals surface area (Å²) in [4.78, 5) is 2.56. The number of nitrogens with two attached hydrogens (primary N) is 1. The molecule has 4 N–H and O–H groups in total. The highest BCUT2D eigenvalue weighted by atomic mass is 16.3. The van der Waals surface area contributed by atoms with Crippen LogP contribution in [0.1, 0.15) is 49.3 Å². The van der Waals surface area contributed by atoms with Gasteiger partial charge in [-0.15, -0.1) is 0 Å². The quantitative estimate of drug-likeness (QED) is 0.644. The minimum absolute atomic E-state index is 0.250. The van der Waals surface area contributed by atoms with Gasteiger partial charge in [0.25, 0.3) is 0 Å². The Bertz CT molecular complexity index is 629. The SMILES string of the molecule is CCO.Cc1ccc(CN(Cc2ccc(O)cc2)CC2CCC(CN)CC2)cc1. The van der Waals surface area contributed by atoms with Crippen molar-refractivity contribution in [1.29, 1.82) is 0 Å². The van der Waals surface area contributed by atoms with Crippen LogP contribution in [0.25, 0.3) is 0 Å². The predicted molar refractivity (Wildman–Crippen MR) is 121 cm³/mol. The van der Waals surface area contributed by atoms with Crippen LogP contribution in [0.15, 0.2) is 48.5 Å². The highest BCUT2D eigenvalue weighted by molar-refractivity contribution is 5.26. The van der Waals surface area contributed by atoms with E-state index in [9.17, 15) is 5.11 Å². The van der Waals surface area contributed by atoms with Gasteiger partial charge in [-0.25, -0.2) is 0 Å². The molecule has 0 heterocycles. The molecule has 2 aromatic carbocycles. The van der Waals surface area contributed by atoms with Crippen LogP contribution < -0.4 is 5.73 Å². The summed E-state index contributed by atoms with van der Waals surface area (Å²) in [7, 11) is 0. The maximum absolute atomic E-state index is 9.54. The van der Waals surface area contributed by atoms with Crippen LogP contribution in [0, 0.1) is 18.8 Å². The summed E-state index contributed by atoms with van der Waals surface area (Å²) in [6, 6.07) is 16.5. The molecule has 0 spiro atoms. The zero-order chi connectivity index (χ0) is 21.1. The van der Waals surface area contributed by atoms with E-state index in [0.29, 0.717) is 5.75 Å². The topological polar surface area (TPSA) is 69.7 Å². The third-order valence-corrected chi connectivity index (χ3v) is 5.69. The van der Waals surface area contributed by atoms with E-state index in [1.54, 1.807) is 19.1 Å². The van der Waals surface area contributed by atoms with Gasteiger partial charge in [-0.05, 0) is 81.2 Å². The van der Waals surface area contributed by atoms with E-state index in [-0.39, 0.29) is 6.61 Å². The highest BCUT2D eigenvalue weighted by Crippen LogP contribution is 2.29. The van der Waals surface area contributed by atoms with Crippen molar-refractivity contribution in [2.24, 2.45) is 17.6 Å². The Kier molecular flexibility index (Phi) is 10.2. The summed E-state index contributed by atoms with van der Waals surface area (Å²) in [6.07, 6.45) is 5.14. The fraction of sp³-hybridized carbons (Fsp3) is 0.520. The van der Waals surface area contributed by atoms with Gasteiger partial charge >= 0.3 is 0 Å². The van der Waals surface area contributed by atoms with Gasteiger partial charge in [0, 0.05) is 26.2 Å². The number of hydrogen-bond donors (Lipinski definition) is 3. The summed E-state index contributed by atoms with van der Waals surface area (Å²) in [5.41, 5.74) is 9.77. The van der Waals surface area contributed by atoms with Crippen LogP contribution in [0.2, 0.25) is 0 Å². The number of aliphatic hydroxyl groups is 1. The van der Waals surface area contributed by atoms with E-state index >= 15 is 0 Å². The fourth-order valence-corrected chi connectivity index (χ4v) is 4.01. The number of benzene rings is 2. The number of phenols is 1. The van der Waals surface area contributed by atoms with Crippen molar-refractivity contribution < 1.29 is 10.2 Å². The minimum Gasteiger partial charge on any atom is -0.508 e. The van der Waals surface area contributed by atoms with Gasteiger partial charge in [0.05, 0.1) is 0 Å². The van der Waals surface area contributed by atoms with Crippen molar-refractivity contribution in [3.63, 3.8) is 0 Å². The van der Waals surface area contributed by atoms with Crippen LogP contribution in [0.4, 0.5) is 0 Å². The van der Waals surface area contributed by atoms with Crippen LogP contribution in [0.3, 0.4) is 0 Å².